The molecule has 2 aromatic carbocycles. The van der Waals surface area contributed by atoms with Gasteiger partial charge in [-0.25, -0.2) is 4.79 Å². The summed E-state index contributed by atoms with van der Waals surface area (Å²) in [6.07, 6.45) is 0.659. The van der Waals surface area contributed by atoms with E-state index in [4.69, 9.17) is 9.47 Å². The minimum atomic E-state index is -0.928. The third-order valence-electron chi connectivity index (χ3n) is 3.90. The Kier molecular flexibility index (Phi) is 5.22. The van der Waals surface area contributed by atoms with Crippen LogP contribution < -0.4 is 10.1 Å². The van der Waals surface area contributed by atoms with Crippen LogP contribution in [0, 0.1) is 0 Å². The number of hydrogen-bond acceptors (Lipinski definition) is 4. The molecule has 1 heterocycles. The maximum Gasteiger partial charge on any atom is 0.341 e. The molecule has 0 aliphatic carbocycles. The van der Waals surface area contributed by atoms with Crippen molar-refractivity contribution < 1.29 is 19.1 Å². The molecule has 0 radical (unpaired) electrons. The number of H-pyrrole nitrogens is 1. The van der Waals surface area contributed by atoms with Crippen LogP contribution in [0.25, 0.3) is 10.9 Å². The van der Waals surface area contributed by atoms with Crippen molar-refractivity contribution in [3.8, 4) is 5.75 Å². The number of fused-ring (bicyclic) bond motifs is 1. The molecule has 26 heavy (non-hydrogen) atoms. The average Bonchev–Trinajstić information content (AvgIpc) is 3.07. The highest BCUT2D eigenvalue weighted by atomic mass is 16.5. The zero-order valence-corrected chi connectivity index (χ0v) is 14.6. The molecular weight excluding hydrogens is 332 g/mol. The number of carbonyl (C=O) groups is 2. The van der Waals surface area contributed by atoms with E-state index < -0.39 is 18.0 Å². The molecule has 1 atom stereocenters. The van der Waals surface area contributed by atoms with Crippen LogP contribution in [-0.4, -0.2) is 29.6 Å². The minimum Gasteiger partial charge on any atom is -0.494 e. The van der Waals surface area contributed by atoms with Crippen molar-refractivity contribution in [2.75, 3.05) is 11.9 Å². The second-order valence-corrected chi connectivity index (χ2v) is 5.74. The van der Waals surface area contributed by atoms with Gasteiger partial charge < -0.3 is 19.8 Å². The van der Waals surface area contributed by atoms with E-state index in [0.29, 0.717) is 17.9 Å². The molecule has 1 unspecified atom stereocenters. The molecule has 0 saturated carbocycles. The van der Waals surface area contributed by atoms with Gasteiger partial charge in [0.15, 0.2) is 6.10 Å². The number of rotatable bonds is 6. The van der Waals surface area contributed by atoms with Crippen molar-refractivity contribution in [1.82, 2.24) is 4.98 Å². The molecule has 0 aliphatic heterocycles. The number of ether oxygens (including phenoxy) is 2. The molecule has 2 N–H and O–H groups in total. The molecule has 0 spiro atoms. The zero-order valence-electron chi connectivity index (χ0n) is 14.6. The fourth-order valence-electron chi connectivity index (χ4n) is 2.56. The minimum absolute atomic E-state index is 0.401. The molecule has 3 aromatic rings. The summed E-state index contributed by atoms with van der Waals surface area (Å²) in [6.45, 7) is 4.02. The summed E-state index contributed by atoms with van der Waals surface area (Å²) in [5.41, 5.74) is 1.85. The second-order valence-electron chi connectivity index (χ2n) is 5.74. The SMILES string of the molecule is CCOc1ccc(NC(=O)C(C)OC(=O)c2c[nH]c3ccccc23)cc1. The van der Waals surface area contributed by atoms with E-state index in [2.05, 4.69) is 10.3 Å². The standard InChI is InChI=1S/C20H20N2O4/c1-3-25-15-10-8-14(9-11-15)22-19(23)13(2)26-20(24)17-12-21-18-7-5-4-6-16(17)18/h4-13,21H,3H2,1-2H3,(H,22,23). The number of nitrogens with one attached hydrogen (secondary N) is 2. The van der Waals surface area contributed by atoms with Gasteiger partial charge in [-0.2, -0.15) is 0 Å². The van der Waals surface area contributed by atoms with Crippen molar-refractivity contribution in [2.24, 2.45) is 0 Å². The lowest BCUT2D eigenvalue weighted by Gasteiger charge is -2.13. The van der Waals surface area contributed by atoms with Gasteiger partial charge in [0.25, 0.3) is 5.91 Å². The maximum absolute atomic E-state index is 12.4. The topological polar surface area (TPSA) is 80.4 Å². The Labute approximate surface area is 151 Å². The molecular formula is C20H20N2O4. The number of anilines is 1. The van der Waals surface area contributed by atoms with Crippen LogP contribution in [0.2, 0.25) is 0 Å². The number of aromatic nitrogens is 1. The highest BCUT2D eigenvalue weighted by Gasteiger charge is 2.21. The summed E-state index contributed by atoms with van der Waals surface area (Å²) in [5.74, 6) is -0.219. The van der Waals surface area contributed by atoms with Gasteiger partial charge in [0.05, 0.1) is 12.2 Å². The molecule has 1 amide bonds. The van der Waals surface area contributed by atoms with E-state index in [-0.39, 0.29) is 0 Å². The summed E-state index contributed by atoms with van der Waals surface area (Å²) in [5, 5.41) is 3.48. The summed E-state index contributed by atoms with van der Waals surface area (Å²) in [6, 6.07) is 14.4. The van der Waals surface area contributed by atoms with Gasteiger partial charge in [0.1, 0.15) is 5.75 Å². The number of esters is 1. The van der Waals surface area contributed by atoms with E-state index in [1.807, 2.05) is 31.2 Å². The fourth-order valence-corrected chi connectivity index (χ4v) is 2.56. The Bertz CT molecular complexity index is 915. The highest BCUT2D eigenvalue weighted by Crippen LogP contribution is 2.20. The lowest BCUT2D eigenvalue weighted by molar-refractivity contribution is -0.123. The van der Waals surface area contributed by atoms with Gasteiger partial charge in [-0.05, 0) is 44.2 Å². The van der Waals surface area contributed by atoms with Crippen LogP contribution in [0.1, 0.15) is 24.2 Å². The van der Waals surface area contributed by atoms with E-state index in [1.165, 1.54) is 6.92 Å². The molecule has 3 rings (SSSR count). The monoisotopic (exact) mass is 352 g/mol. The molecule has 1 aromatic heterocycles. The third-order valence-corrected chi connectivity index (χ3v) is 3.90. The molecule has 0 saturated heterocycles. The van der Waals surface area contributed by atoms with Crippen molar-refractivity contribution in [3.63, 3.8) is 0 Å². The number of benzene rings is 2. The fraction of sp³-hybridized carbons (Fsp3) is 0.200. The second kappa shape index (κ2) is 7.74. The van der Waals surface area contributed by atoms with Crippen LogP contribution in [0.3, 0.4) is 0 Å². The molecule has 0 aliphatic rings. The van der Waals surface area contributed by atoms with Crippen LogP contribution in [0.15, 0.2) is 54.7 Å². The predicted molar refractivity (Wildman–Crippen MR) is 99.4 cm³/mol. The quantitative estimate of drug-likeness (QED) is 0.662. The Morgan fingerprint density at radius 3 is 2.58 bits per heavy atom. The van der Waals surface area contributed by atoms with E-state index in [1.54, 1.807) is 30.5 Å². The van der Waals surface area contributed by atoms with Crippen LogP contribution >= 0.6 is 0 Å². The van der Waals surface area contributed by atoms with Crippen molar-refractivity contribution in [2.45, 2.75) is 20.0 Å². The van der Waals surface area contributed by atoms with Crippen molar-refractivity contribution >= 4 is 28.5 Å². The average molecular weight is 352 g/mol. The number of para-hydroxylation sites is 1. The molecule has 0 fully saturated rings. The Balaban J connectivity index is 1.62. The first-order valence-electron chi connectivity index (χ1n) is 8.39. The van der Waals surface area contributed by atoms with E-state index in [9.17, 15) is 9.59 Å². The number of amides is 1. The Hall–Kier alpha value is -3.28. The maximum atomic E-state index is 12.4. The highest BCUT2D eigenvalue weighted by molar-refractivity contribution is 6.05. The van der Waals surface area contributed by atoms with Gasteiger partial charge in [-0.3, -0.25) is 4.79 Å². The lowest BCUT2D eigenvalue weighted by atomic mass is 10.2. The number of aromatic amines is 1. The first-order chi connectivity index (χ1) is 12.6. The Morgan fingerprint density at radius 1 is 1.12 bits per heavy atom. The van der Waals surface area contributed by atoms with Gasteiger partial charge in [-0.1, -0.05) is 18.2 Å². The summed E-state index contributed by atoms with van der Waals surface area (Å²) < 4.78 is 10.7. The predicted octanol–water partition coefficient (Wildman–Crippen LogP) is 3.75. The van der Waals surface area contributed by atoms with Crippen LogP contribution in [0.5, 0.6) is 5.75 Å². The normalized spacial score (nSPS) is 11.8. The summed E-state index contributed by atoms with van der Waals surface area (Å²) >= 11 is 0. The van der Waals surface area contributed by atoms with Gasteiger partial charge in [-0.15, -0.1) is 0 Å². The van der Waals surface area contributed by atoms with E-state index >= 15 is 0 Å². The number of hydrogen-bond donors (Lipinski definition) is 2. The first-order valence-corrected chi connectivity index (χ1v) is 8.39. The molecule has 134 valence electrons. The van der Waals surface area contributed by atoms with E-state index in [0.717, 1.165) is 16.7 Å². The first kappa shape index (κ1) is 17.5. The van der Waals surface area contributed by atoms with Crippen LogP contribution in [-0.2, 0) is 9.53 Å². The van der Waals surface area contributed by atoms with Gasteiger partial charge >= 0.3 is 5.97 Å². The lowest BCUT2D eigenvalue weighted by Crippen LogP contribution is -2.29. The van der Waals surface area contributed by atoms with Gasteiger partial charge in [0, 0.05) is 22.8 Å². The molecule has 0 bridgehead atoms. The van der Waals surface area contributed by atoms with Crippen molar-refractivity contribution in [3.05, 3.63) is 60.3 Å². The number of carbonyl (C=O) groups excluding carboxylic acids is 2. The van der Waals surface area contributed by atoms with Crippen molar-refractivity contribution in [1.29, 1.82) is 0 Å². The Morgan fingerprint density at radius 2 is 1.85 bits per heavy atom. The summed E-state index contributed by atoms with van der Waals surface area (Å²) in [7, 11) is 0. The zero-order chi connectivity index (χ0) is 18.5. The van der Waals surface area contributed by atoms with Gasteiger partial charge in [0.2, 0.25) is 0 Å². The largest absolute Gasteiger partial charge is 0.494 e. The summed E-state index contributed by atoms with van der Waals surface area (Å²) in [4.78, 5) is 27.6. The molecule has 6 heteroatoms. The van der Waals surface area contributed by atoms with Crippen LogP contribution in [0.4, 0.5) is 5.69 Å². The smallest absolute Gasteiger partial charge is 0.341 e. The third kappa shape index (κ3) is 3.85. The molecule has 6 nitrogen and oxygen atoms in total.